The van der Waals surface area contributed by atoms with Gasteiger partial charge in [-0.05, 0) is 11.5 Å². The van der Waals surface area contributed by atoms with E-state index in [0.29, 0.717) is 0 Å². The van der Waals surface area contributed by atoms with Crippen LogP contribution in [0.25, 0.3) is 0 Å². The van der Waals surface area contributed by atoms with Crippen LogP contribution >= 0.6 is 0 Å². The van der Waals surface area contributed by atoms with Crippen molar-refractivity contribution in [3.63, 3.8) is 0 Å². The molecule has 0 aliphatic heterocycles. The van der Waals surface area contributed by atoms with Crippen LogP contribution in [0.1, 0.15) is 0 Å². The second-order valence-corrected chi connectivity index (χ2v) is 1.38. The Kier molecular flexibility index (Phi) is 1.28. The minimum atomic E-state index is -0.604. The van der Waals surface area contributed by atoms with Gasteiger partial charge < -0.3 is 0 Å². The monoisotopic (exact) mass is 107 g/mol. The van der Waals surface area contributed by atoms with E-state index in [2.05, 4.69) is 4.98 Å². The van der Waals surface area contributed by atoms with Crippen molar-refractivity contribution in [2.75, 3.05) is 0 Å². The molecule has 3 heteroatoms. The lowest BCUT2D eigenvalue weighted by molar-refractivity contribution is 0.592. The molecule has 8 heavy (non-hydrogen) atoms. The van der Waals surface area contributed by atoms with Crippen molar-refractivity contribution in [2.45, 2.75) is 0 Å². The minimum absolute atomic E-state index is 0.0903. The molecule has 2 radical (unpaired) electrons. The normalized spacial score (nSPS) is 9.12. The molecule has 0 aromatic carbocycles. The molecule has 0 N–H and O–H groups in total. The van der Waals surface area contributed by atoms with E-state index in [4.69, 9.17) is 7.85 Å². The fourth-order valence-corrected chi connectivity index (χ4v) is 0.398. The highest BCUT2D eigenvalue weighted by molar-refractivity contribution is 6.32. The van der Waals surface area contributed by atoms with Gasteiger partial charge in [0, 0.05) is 6.20 Å². The van der Waals surface area contributed by atoms with E-state index in [-0.39, 0.29) is 5.46 Å². The Balaban J connectivity index is 3.13. The van der Waals surface area contributed by atoms with Crippen LogP contribution in [0, 0.1) is 5.95 Å². The first-order valence-electron chi connectivity index (χ1n) is 2.16. The maximum atomic E-state index is 12.1. The van der Waals surface area contributed by atoms with E-state index in [1.54, 1.807) is 6.07 Å². The number of pyridine rings is 1. The van der Waals surface area contributed by atoms with Gasteiger partial charge in [-0.25, -0.2) is 4.98 Å². The summed E-state index contributed by atoms with van der Waals surface area (Å²) in [6.07, 6.45) is 1.35. The van der Waals surface area contributed by atoms with Crippen LogP contribution in [-0.4, -0.2) is 12.8 Å². The highest BCUT2D eigenvalue weighted by atomic mass is 19.1. The first-order valence-corrected chi connectivity index (χ1v) is 2.16. The lowest BCUT2D eigenvalue weighted by atomic mass is 9.99. The van der Waals surface area contributed by atoms with Crippen LogP contribution in [-0.2, 0) is 0 Å². The van der Waals surface area contributed by atoms with Gasteiger partial charge >= 0.3 is 0 Å². The van der Waals surface area contributed by atoms with Gasteiger partial charge in [-0.2, -0.15) is 4.39 Å². The van der Waals surface area contributed by atoms with Crippen LogP contribution in [0.15, 0.2) is 18.3 Å². The standard InChI is InChI=1S/C5H3BFN/c6-4-2-1-3-8-5(4)7/h1-3H. The highest BCUT2D eigenvalue weighted by Gasteiger charge is 1.90. The molecular weight excluding hydrogens is 104 g/mol. The van der Waals surface area contributed by atoms with Gasteiger partial charge in [0.1, 0.15) is 7.85 Å². The molecule has 1 heterocycles. The van der Waals surface area contributed by atoms with Crippen LogP contribution < -0.4 is 5.46 Å². The van der Waals surface area contributed by atoms with Crippen LogP contribution in [0.5, 0.6) is 0 Å². The fraction of sp³-hybridized carbons (Fsp3) is 0. The quantitative estimate of drug-likeness (QED) is 0.336. The van der Waals surface area contributed by atoms with Gasteiger partial charge in [-0.1, -0.05) is 6.07 Å². The summed E-state index contributed by atoms with van der Waals surface area (Å²) in [5.74, 6) is -0.604. The molecule has 1 aromatic rings. The van der Waals surface area contributed by atoms with E-state index in [1.165, 1.54) is 12.3 Å². The summed E-state index contributed by atoms with van der Waals surface area (Å²) in [6.45, 7) is 0. The lowest BCUT2D eigenvalue weighted by Crippen LogP contribution is -2.08. The number of hydrogen-bond acceptors (Lipinski definition) is 1. The average Bonchev–Trinajstić information content (AvgIpc) is 1.77. The zero-order chi connectivity index (χ0) is 5.98. The summed E-state index contributed by atoms with van der Waals surface area (Å²) in [6, 6.07) is 3.04. The summed E-state index contributed by atoms with van der Waals surface area (Å²) in [5, 5.41) is 0. The molecule has 1 rings (SSSR count). The molecule has 0 saturated heterocycles. The zero-order valence-corrected chi connectivity index (χ0v) is 4.13. The topological polar surface area (TPSA) is 12.9 Å². The third kappa shape index (κ3) is 0.859. The molecule has 0 bridgehead atoms. The van der Waals surface area contributed by atoms with Crippen molar-refractivity contribution >= 4 is 13.3 Å². The summed E-state index contributed by atoms with van der Waals surface area (Å²) in [5.41, 5.74) is 0.0903. The molecule has 1 nitrogen and oxygen atoms in total. The Morgan fingerprint density at radius 1 is 1.62 bits per heavy atom. The minimum Gasteiger partial charge on any atom is -0.229 e. The molecule has 0 aliphatic rings. The summed E-state index contributed by atoms with van der Waals surface area (Å²) in [4.78, 5) is 3.29. The van der Waals surface area contributed by atoms with Crippen molar-refractivity contribution in [3.05, 3.63) is 24.3 Å². The number of halogens is 1. The second-order valence-electron chi connectivity index (χ2n) is 1.38. The summed E-state index contributed by atoms with van der Waals surface area (Å²) < 4.78 is 12.1. The molecule has 0 spiro atoms. The van der Waals surface area contributed by atoms with Crippen LogP contribution in [0.4, 0.5) is 4.39 Å². The summed E-state index contributed by atoms with van der Waals surface area (Å²) >= 11 is 0. The smallest absolute Gasteiger partial charge is 0.205 e. The SMILES string of the molecule is [B]c1cccnc1F. The van der Waals surface area contributed by atoms with Crippen LogP contribution in [0.3, 0.4) is 0 Å². The first-order chi connectivity index (χ1) is 3.80. The molecular formula is C5H3BFN. The Morgan fingerprint density at radius 2 is 2.38 bits per heavy atom. The average molecular weight is 107 g/mol. The van der Waals surface area contributed by atoms with Gasteiger partial charge in [-0.15, -0.1) is 0 Å². The molecule has 38 valence electrons. The first kappa shape index (κ1) is 5.28. The largest absolute Gasteiger partial charge is 0.229 e. The van der Waals surface area contributed by atoms with Crippen molar-refractivity contribution in [2.24, 2.45) is 0 Å². The van der Waals surface area contributed by atoms with E-state index in [0.717, 1.165) is 0 Å². The number of hydrogen-bond donors (Lipinski definition) is 0. The van der Waals surface area contributed by atoms with Gasteiger partial charge in [0.25, 0.3) is 0 Å². The second kappa shape index (κ2) is 1.94. The third-order valence-electron chi connectivity index (χ3n) is 0.788. The van der Waals surface area contributed by atoms with E-state index in [1.807, 2.05) is 0 Å². The molecule has 0 amide bonds. The highest BCUT2D eigenvalue weighted by Crippen LogP contribution is 1.82. The van der Waals surface area contributed by atoms with E-state index >= 15 is 0 Å². The molecule has 1 aromatic heterocycles. The Bertz CT molecular complexity index is 169. The molecule has 0 fully saturated rings. The summed E-state index contributed by atoms with van der Waals surface area (Å²) in [7, 11) is 5.08. The number of rotatable bonds is 0. The maximum Gasteiger partial charge on any atom is 0.205 e. The molecule has 0 unspecified atom stereocenters. The van der Waals surface area contributed by atoms with Crippen molar-refractivity contribution in [1.29, 1.82) is 0 Å². The van der Waals surface area contributed by atoms with Crippen molar-refractivity contribution < 1.29 is 4.39 Å². The van der Waals surface area contributed by atoms with Gasteiger partial charge in [0.15, 0.2) is 0 Å². The molecule has 0 aliphatic carbocycles. The Morgan fingerprint density at radius 3 is 2.75 bits per heavy atom. The van der Waals surface area contributed by atoms with Crippen molar-refractivity contribution in [3.8, 4) is 0 Å². The Hall–Kier alpha value is -0.855. The van der Waals surface area contributed by atoms with Crippen molar-refractivity contribution in [1.82, 2.24) is 4.98 Å². The predicted molar refractivity (Wildman–Crippen MR) is 29.6 cm³/mol. The zero-order valence-electron chi connectivity index (χ0n) is 4.13. The fourth-order valence-electron chi connectivity index (χ4n) is 0.398. The van der Waals surface area contributed by atoms with Crippen LogP contribution in [0.2, 0.25) is 0 Å². The van der Waals surface area contributed by atoms with Gasteiger partial charge in [0.05, 0.1) is 0 Å². The predicted octanol–water partition coefficient (Wildman–Crippen LogP) is 0.0145. The number of aromatic nitrogens is 1. The van der Waals surface area contributed by atoms with Gasteiger partial charge in [-0.3, -0.25) is 0 Å². The lowest BCUT2D eigenvalue weighted by Gasteiger charge is -1.88. The maximum absolute atomic E-state index is 12.1. The molecule has 0 saturated carbocycles. The van der Waals surface area contributed by atoms with Gasteiger partial charge in [0.2, 0.25) is 5.95 Å². The molecule has 0 atom stereocenters. The number of nitrogens with zero attached hydrogens (tertiary/aromatic N) is 1. The third-order valence-corrected chi connectivity index (χ3v) is 0.788. The van der Waals surface area contributed by atoms with E-state index < -0.39 is 5.95 Å². The van der Waals surface area contributed by atoms with E-state index in [9.17, 15) is 4.39 Å². The Labute approximate surface area is 48.0 Å².